The summed E-state index contributed by atoms with van der Waals surface area (Å²) in [5, 5.41) is 12.0. The van der Waals surface area contributed by atoms with Crippen LogP contribution in [-0.2, 0) is 6.54 Å². The molecule has 158 valence electrons. The van der Waals surface area contributed by atoms with E-state index < -0.39 is 0 Å². The second-order valence-electron chi connectivity index (χ2n) is 8.33. The first-order chi connectivity index (χ1) is 14.6. The van der Waals surface area contributed by atoms with Gasteiger partial charge in [0.05, 0.1) is 24.4 Å². The third-order valence-corrected chi connectivity index (χ3v) is 6.31. The zero-order valence-electron chi connectivity index (χ0n) is 17.2. The molecule has 7 nitrogen and oxygen atoms in total. The molecular weight excluding hydrogens is 382 g/mol. The maximum Gasteiger partial charge on any atom is 0.253 e. The number of aliphatic hydroxyl groups is 1. The van der Waals surface area contributed by atoms with Crippen molar-refractivity contribution in [2.24, 2.45) is 0 Å². The molecule has 1 atom stereocenters. The number of carbonyl (C=O) groups is 1. The van der Waals surface area contributed by atoms with Crippen LogP contribution in [0.5, 0.6) is 11.5 Å². The van der Waals surface area contributed by atoms with E-state index in [9.17, 15) is 9.90 Å². The fraction of sp³-hybridized carbons (Fsp3) is 0.478. The second-order valence-corrected chi connectivity index (χ2v) is 8.33. The highest BCUT2D eigenvalue weighted by molar-refractivity contribution is 5.98. The standard InChI is InChI=1S/C23H27N3O4/c1-14-10-19-20(12-24-23(19)28)25-22(14)26-7-4-16(5-8-26)30-17-2-3-18-15(6-9-27)13-29-21(18)11-17/h2-3,10-11,15-16,27H,4-9,12-13H2,1H3,(H,24,28)/t15-/m1/s1. The van der Waals surface area contributed by atoms with Gasteiger partial charge in [0.15, 0.2) is 0 Å². The number of carbonyl (C=O) groups excluding carboxylic acids is 1. The Morgan fingerprint density at radius 2 is 2.13 bits per heavy atom. The van der Waals surface area contributed by atoms with Crippen LogP contribution in [0.2, 0.25) is 0 Å². The highest BCUT2D eigenvalue weighted by Gasteiger charge is 2.28. The molecule has 1 aromatic heterocycles. The predicted molar refractivity (Wildman–Crippen MR) is 112 cm³/mol. The van der Waals surface area contributed by atoms with E-state index in [0.717, 1.165) is 66.5 Å². The van der Waals surface area contributed by atoms with Gasteiger partial charge in [-0.15, -0.1) is 0 Å². The summed E-state index contributed by atoms with van der Waals surface area (Å²) in [6.45, 7) is 5.09. The molecule has 5 rings (SSSR count). The van der Waals surface area contributed by atoms with Crippen molar-refractivity contribution in [3.63, 3.8) is 0 Å². The van der Waals surface area contributed by atoms with Gasteiger partial charge < -0.3 is 24.8 Å². The Kier molecular flexibility index (Phi) is 4.98. The molecule has 1 saturated heterocycles. The minimum Gasteiger partial charge on any atom is -0.493 e. The monoisotopic (exact) mass is 409 g/mol. The number of piperidine rings is 1. The fourth-order valence-corrected chi connectivity index (χ4v) is 4.65. The van der Waals surface area contributed by atoms with Gasteiger partial charge in [-0.1, -0.05) is 6.07 Å². The van der Waals surface area contributed by atoms with Crippen LogP contribution in [0, 0.1) is 6.92 Å². The normalized spacial score (nSPS) is 20.5. The number of benzene rings is 1. The lowest BCUT2D eigenvalue weighted by molar-refractivity contribution is 0.0965. The van der Waals surface area contributed by atoms with Crippen molar-refractivity contribution >= 4 is 11.7 Å². The third-order valence-electron chi connectivity index (χ3n) is 6.31. The van der Waals surface area contributed by atoms with Gasteiger partial charge >= 0.3 is 0 Å². The molecule has 30 heavy (non-hydrogen) atoms. The number of nitrogens with zero attached hydrogens (tertiary/aromatic N) is 2. The molecule has 0 spiro atoms. The summed E-state index contributed by atoms with van der Waals surface area (Å²) in [6, 6.07) is 8.02. The van der Waals surface area contributed by atoms with Gasteiger partial charge in [-0.3, -0.25) is 4.79 Å². The number of fused-ring (bicyclic) bond motifs is 2. The van der Waals surface area contributed by atoms with Crippen LogP contribution < -0.4 is 19.7 Å². The molecule has 0 bridgehead atoms. The number of aryl methyl sites for hydroxylation is 1. The average Bonchev–Trinajstić information content (AvgIpc) is 3.32. The molecule has 3 aliphatic heterocycles. The molecule has 1 aromatic carbocycles. The number of rotatable bonds is 5. The Morgan fingerprint density at radius 3 is 2.93 bits per heavy atom. The van der Waals surface area contributed by atoms with E-state index in [-0.39, 0.29) is 24.5 Å². The van der Waals surface area contributed by atoms with Crippen LogP contribution in [0.1, 0.15) is 52.4 Å². The number of anilines is 1. The molecule has 1 fully saturated rings. The van der Waals surface area contributed by atoms with Crippen molar-refractivity contribution in [2.75, 3.05) is 31.2 Å². The molecule has 0 saturated carbocycles. The lowest BCUT2D eigenvalue weighted by Crippen LogP contribution is -2.39. The van der Waals surface area contributed by atoms with E-state index in [4.69, 9.17) is 14.5 Å². The first kappa shape index (κ1) is 19.2. The van der Waals surface area contributed by atoms with Crippen molar-refractivity contribution in [1.29, 1.82) is 0 Å². The summed E-state index contributed by atoms with van der Waals surface area (Å²) in [7, 11) is 0. The van der Waals surface area contributed by atoms with Crippen molar-refractivity contribution < 1.29 is 19.4 Å². The predicted octanol–water partition coefficient (Wildman–Crippen LogP) is 2.54. The van der Waals surface area contributed by atoms with E-state index >= 15 is 0 Å². The highest BCUT2D eigenvalue weighted by Crippen LogP contribution is 2.38. The number of ether oxygens (including phenoxy) is 2. The number of hydrogen-bond donors (Lipinski definition) is 2. The Balaban J connectivity index is 1.22. The van der Waals surface area contributed by atoms with Crippen molar-refractivity contribution in [2.45, 2.75) is 44.8 Å². The van der Waals surface area contributed by atoms with Gasteiger partial charge in [0.25, 0.3) is 5.91 Å². The molecule has 7 heteroatoms. The van der Waals surface area contributed by atoms with Gasteiger partial charge in [0.2, 0.25) is 0 Å². The van der Waals surface area contributed by atoms with Crippen LogP contribution in [0.3, 0.4) is 0 Å². The second kappa shape index (κ2) is 7.80. The zero-order chi connectivity index (χ0) is 20.7. The van der Waals surface area contributed by atoms with E-state index in [0.29, 0.717) is 18.7 Å². The summed E-state index contributed by atoms with van der Waals surface area (Å²) in [6.07, 6.45) is 2.72. The van der Waals surface area contributed by atoms with E-state index in [1.807, 2.05) is 25.1 Å². The first-order valence-corrected chi connectivity index (χ1v) is 10.7. The summed E-state index contributed by atoms with van der Waals surface area (Å²) in [5.74, 6) is 2.94. The summed E-state index contributed by atoms with van der Waals surface area (Å²) in [4.78, 5) is 18.9. The largest absolute Gasteiger partial charge is 0.493 e. The Morgan fingerprint density at radius 1 is 1.30 bits per heavy atom. The molecule has 2 N–H and O–H groups in total. The summed E-state index contributed by atoms with van der Waals surface area (Å²) in [5.41, 5.74) is 3.75. The molecule has 4 heterocycles. The Hall–Kier alpha value is -2.80. The molecular formula is C23H27N3O4. The highest BCUT2D eigenvalue weighted by atomic mass is 16.5. The lowest BCUT2D eigenvalue weighted by Gasteiger charge is -2.34. The number of aromatic nitrogens is 1. The minimum absolute atomic E-state index is 0.0275. The van der Waals surface area contributed by atoms with Crippen LogP contribution in [-0.4, -0.2) is 48.4 Å². The van der Waals surface area contributed by atoms with Crippen LogP contribution in [0.15, 0.2) is 24.3 Å². The van der Waals surface area contributed by atoms with Crippen molar-refractivity contribution in [1.82, 2.24) is 10.3 Å². The quantitative estimate of drug-likeness (QED) is 0.790. The molecule has 1 amide bonds. The number of pyridine rings is 1. The molecule has 0 unspecified atom stereocenters. The Bertz CT molecular complexity index is 969. The topological polar surface area (TPSA) is 83.9 Å². The van der Waals surface area contributed by atoms with E-state index in [1.165, 1.54) is 0 Å². The first-order valence-electron chi connectivity index (χ1n) is 10.7. The van der Waals surface area contributed by atoms with Gasteiger partial charge in [-0.2, -0.15) is 0 Å². The van der Waals surface area contributed by atoms with Crippen LogP contribution in [0.4, 0.5) is 5.82 Å². The Labute approximate surface area is 176 Å². The summed E-state index contributed by atoms with van der Waals surface area (Å²) >= 11 is 0. The number of amides is 1. The zero-order valence-corrected chi connectivity index (χ0v) is 17.2. The maximum absolute atomic E-state index is 11.8. The molecule has 0 aliphatic carbocycles. The van der Waals surface area contributed by atoms with Gasteiger partial charge in [-0.25, -0.2) is 4.98 Å². The molecule has 2 aromatic rings. The van der Waals surface area contributed by atoms with E-state index in [1.54, 1.807) is 0 Å². The molecule has 3 aliphatic rings. The number of nitrogens with one attached hydrogen (secondary N) is 1. The van der Waals surface area contributed by atoms with Crippen molar-refractivity contribution in [3.8, 4) is 11.5 Å². The van der Waals surface area contributed by atoms with Crippen LogP contribution in [0.25, 0.3) is 0 Å². The smallest absolute Gasteiger partial charge is 0.253 e. The summed E-state index contributed by atoms with van der Waals surface area (Å²) < 4.78 is 12.0. The van der Waals surface area contributed by atoms with Crippen molar-refractivity contribution in [3.05, 3.63) is 46.6 Å². The van der Waals surface area contributed by atoms with Crippen LogP contribution >= 0.6 is 0 Å². The van der Waals surface area contributed by atoms with Gasteiger partial charge in [0, 0.05) is 50.1 Å². The van der Waals surface area contributed by atoms with Gasteiger partial charge in [0.1, 0.15) is 23.4 Å². The fourth-order valence-electron chi connectivity index (χ4n) is 4.65. The molecule has 0 radical (unpaired) electrons. The average molecular weight is 409 g/mol. The third kappa shape index (κ3) is 3.47. The minimum atomic E-state index is -0.0275. The number of aliphatic hydroxyl groups excluding tert-OH is 1. The lowest BCUT2D eigenvalue weighted by atomic mass is 9.98. The number of hydrogen-bond acceptors (Lipinski definition) is 6. The van der Waals surface area contributed by atoms with E-state index in [2.05, 4.69) is 16.3 Å². The SMILES string of the molecule is Cc1cc2c(nc1N1CCC(Oc3ccc4c(c3)OC[C@H]4CCO)CC1)CNC2=O. The van der Waals surface area contributed by atoms with Gasteiger partial charge in [-0.05, 0) is 31.0 Å². The maximum atomic E-state index is 11.8.